The summed E-state index contributed by atoms with van der Waals surface area (Å²) in [5.74, 6) is -0.251. The number of aryl methyl sites for hydroxylation is 2. The van der Waals surface area contributed by atoms with Crippen LogP contribution >= 0.6 is 0 Å². The molecule has 1 unspecified atom stereocenters. The largest absolute Gasteiger partial charge is 0.334 e. The number of carbonyl (C=O) groups excluding carboxylic acids is 1. The van der Waals surface area contributed by atoms with Crippen molar-refractivity contribution in [2.45, 2.75) is 33.2 Å². The van der Waals surface area contributed by atoms with Gasteiger partial charge in [0.25, 0.3) is 11.5 Å². The van der Waals surface area contributed by atoms with Crippen LogP contribution in [0.25, 0.3) is 0 Å². The van der Waals surface area contributed by atoms with Crippen LogP contribution in [0, 0.1) is 13.8 Å². The summed E-state index contributed by atoms with van der Waals surface area (Å²) in [5.41, 5.74) is 2.50. The lowest BCUT2D eigenvalue weighted by atomic mass is 10.0. The first-order valence-corrected chi connectivity index (χ1v) is 7.72. The summed E-state index contributed by atoms with van der Waals surface area (Å²) in [6.45, 7) is 5.68. The van der Waals surface area contributed by atoms with Gasteiger partial charge in [0.15, 0.2) is 0 Å². The third-order valence-electron chi connectivity index (χ3n) is 4.32. The van der Waals surface area contributed by atoms with E-state index in [4.69, 9.17) is 0 Å². The molecular weight excluding hydrogens is 290 g/mol. The molecule has 23 heavy (non-hydrogen) atoms. The number of carbonyl (C=O) groups is 1. The maximum Gasteiger partial charge on any atom is 0.263 e. The van der Waals surface area contributed by atoms with Crippen molar-refractivity contribution in [3.63, 3.8) is 0 Å². The number of rotatable bonds is 4. The Bertz CT molecular complexity index is 766. The Labute approximate surface area is 136 Å². The van der Waals surface area contributed by atoms with E-state index in [0.717, 1.165) is 17.7 Å². The molecule has 0 saturated heterocycles. The SMILES string of the molecule is CCC(c1cccnc1)N(C)C(=O)c1c(C)cc(C)n(C)c1=O. The molecule has 122 valence electrons. The van der Waals surface area contributed by atoms with Gasteiger partial charge >= 0.3 is 0 Å². The molecule has 2 heterocycles. The van der Waals surface area contributed by atoms with E-state index in [1.165, 1.54) is 4.57 Å². The maximum absolute atomic E-state index is 12.9. The highest BCUT2D eigenvalue weighted by atomic mass is 16.2. The minimum atomic E-state index is -0.251. The van der Waals surface area contributed by atoms with E-state index in [-0.39, 0.29) is 23.1 Å². The summed E-state index contributed by atoms with van der Waals surface area (Å²) in [4.78, 5) is 31.2. The lowest BCUT2D eigenvalue weighted by Gasteiger charge is -2.28. The Morgan fingerprint density at radius 2 is 2.09 bits per heavy atom. The lowest BCUT2D eigenvalue weighted by molar-refractivity contribution is 0.0722. The molecule has 2 aromatic heterocycles. The normalized spacial score (nSPS) is 12.0. The van der Waals surface area contributed by atoms with E-state index in [1.807, 2.05) is 32.0 Å². The average Bonchev–Trinajstić information content (AvgIpc) is 2.54. The maximum atomic E-state index is 12.9. The molecule has 2 rings (SSSR count). The van der Waals surface area contributed by atoms with Crippen LogP contribution in [0.15, 0.2) is 35.4 Å². The van der Waals surface area contributed by atoms with Gasteiger partial charge in [-0.1, -0.05) is 13.0 Å². The van der Waals surface area contributed by atoms with E-state index in [1.54, 1.807) is 38.3 Å². The molecule has 0 fully saturated rings. The standard InChI is InChI=1S/C18H23N3O2/c1-6-15(14-8-7-9-19-11-14)21(5)18(23)16-12(2)10-13(3)20(4)17(16)22/h7-11,15H,6H2,1-5H3. The minimum Gasteiger partial charge on any atom is -0.334 e. The van der Waals surface area contributed by atoms with Gasteiger partial charge < -0.3 is 9.47 Å². The highest BCUT2D eigenvalue weighted by Gasteiger charge is 2.25. The highest BCUT2D eigenvalue weighted by Crippen LogP contribution is 2.23. The second kappa shape index (κ2) is 6.77. The zero-order valence-electron chi connectivity index (χ0n) is 14.3. The van der Waals surface area contributed by atoms with Crippen LogP contribution < -0.4 is 5.56 Å². The number of pyridine rings is 2. The van der Waals surface area contributed by atoms with Crippen molar-refractivity contribution in [3.05, 3.63) is 63.3 Å². The first-order valence-electron chi connectivity index (χ1n) is 7.72. The van der Waals surface area contributed by atoms with Crippen LogP contribution in [0.3, 0.4) is 0 Å². The molecule has 0 bridgehead atoms. The predicted octanol–water partition coefficient (Wildman–Crippen LogP) is 2.62. The van der Waals surface area contributed by atoms with Gasteiger partial charge in [0.05, 0.1) is 6.04 Å². The van der Waals surface area contributed by atoms with Gasteiger partial charge in [-0.25, -0.2) is 0 Å². The molecule has 1 amide bonds. The Balaban J connectivity index is 2.44. The first-order chi connectivity index (χ1) is 10.9. The third kappa shape index (κ3) is 3.18. The van der Waals surface area contributed by atoms with Gasteiger partial charge in [0.2, 0.25) is 0 Å². The zero-order chi connectivity index (χ0) is 17.1. The Morgan fingerprint density at radius 3 is 2.65 bits per heavy atom. The molecular formula is C18H23N3O2. The van der Waals surface area contributed by atoms with E-state index in [9.17, 15) is 9.59 Å². The monoisotopic (exact) mass is 313 g/mol. The van der Waals surface area contributed by atoms with Gasteiger partial charge in [-0.3, -0.25) is 14.6 Å². The fraction of sp³-hybridized carbons (Fsp3) is 0.389. The van der Waals surface area contributed by atoms with Crippen LogP contribution in [0.1, 0.15) is 46.6 Å². The van der Waals surface area contributed by atoms with Gasteiger partial charge in [-0.05, 0) is 43.5 Å². The molecule has 5 nitrogen and oxygen atoms in total. The van der Waals surface area contributed by atoms with E-state index in [0.29, 0.717) is 5.56 Å². The Morgan fingerprint density at radius 1 is 1.39 bits per heavy atom. The van der Waals surface area contributed by atoms with Gasteiger partial charge in [-0.15, -0.1) is 0 Å². The fourth-order valence-corrected chi connectivity index (χ4v) is 2.86. The lowest BCUT2D eigenvalue weighted by Crippen LogP contribution is -2.37. The van der Waals surface area contributed by atoms with Crippen molar-refractivity contribution in [2.24, 2.45) is 7.05 Å². The number of hydrogen-bond donors (Lipinski definition) is 0. The summed E-state index contributed by atoms with van der Waals surface area (Å²) in [6, 6.07) is 5.56. The Kier molecular flexibility index (Phi) is 4.98. The molecule has 0 saturated carbocycles. The highest BCUT2D eigenvalue weighted by molar-refractivity contribution is 5.95. The van der Waals surface area contributed by atoms with Crippen molar-refractivity contribution < 1.29 is 4.79 Å². The fourth-order valence-electron chi connectivity index (χ4n) is 2.86. The van der Waals surface area contributed by atoms with Crippen molar-refractivity contribution in [1.29, 1.82) is 0 Å². The molecule has 2 aromatic rings. The van der Waals surface area contributed by atoms with Crippen molar-refractivity contribution in [2.75, 3.05) is 7.05 Å². The average molecular weight is 313 g/mol. The second-order valence-corrected chi connectivity index (χ2v) is 5.83. The van der Waals surface area contributed by atoms with Crippen molar-refractivity contribution in [3.8, 4) is 0 Å². The van der Waals surface area contributed by atoms with Crippen molar-refractivity contribution >= 4 is 5.91 Å². The Hall–Kier alpha value is -2.43. The molecule has 0 aromatic carbocycles. The van der Waals surface area contributed by atoms with E-state index < -0.39 is 0 Å². The minimum absolute atomic E-state index is 0.110. The van der Waals surface area contributed by atoms with Crippen LogP contribution in [-0.4, -0.2) is 27.4 Å². The van der Waals surface area contributed by atoms with Gasteiger partial charge in [0.1, 0.15) is 5.56 Å². The van der Waals surface area contributed by atoms with Gasteiger partial charge in [0, 0.05) is 32.2 Å². The van der Waals surface area contributed by atoms with Gasteiger partial charge in [-0.2, -0.15) is 0 Å². The van der Waals surface area contributed by atoms with E-state index >= 15 is 0 Å². The van der Waals surface area contributed by atoms with Crippen LogP contribution in [0.2, 0.25) is 0 Å². The number of nitrogens with zero attached hydrogens (tertiary/aromatic N) is 3. The molecule has 0 radical (unpaired) electrons. The second-order valence-electron chi connectivity index (χ2n) is 5.83. The summed E-state index contributed by atoms with van der Waals surface area (Å²) in [6.07, 6.45) is 4.22. The van der Waals surface area contributed by atoms with Crippen LogP contribution in [0.4, 0.5) is 0 Å². The summed E-state index contributed by atoms with van der Waals surface area (Å²) < 4.78 is 1.51. The third-order valence-corrected chi connectivity index (χ3v) is 4.32. The van der Waals surface area contributed by atoms with Crippen molar-refractivity contribution in [1.82, 2.24) is 14.5 Å². The molecule has 0 spiro atoms. The number of aromatic nitrogens is 2. The quantitative estimate of drug-likeness (QED) is 0.872. The predicted molar refractivity (Wildman–Crippen MR) is 90.5 cm³/mol. The first kappa shape index (κ1) is 16.9. The zero-order valence-corrected chi connectivity index (χ0v) is 14.3. The van der Waals surface area contributed by atoms with Crippen LogP contribution in [-0.2, 0) is 7.05 Å². The molecule has 0 aliphatic heterocycles. The summed E-state index contributed by atoms with van der Waals surface area (Å²) in [5, 5.41) is 0. The number of amides is 1. The summed E-state index contributed by atoms with van der Waals surface area (Å²) >= 11 is 0. The van der Waals surface area contributed by atoms with E-state index in [2.05, 4.69) is 4.98 Å². The molecule has 0 aliphatic carbocycles. The number of hydrogen-bond acceptors (Lipinski definition) is 3. The molecule has 0 N–H and O–H groups in total. The molecule has 5 heteroatoms. The topological polar surface area (TPSA) is 55.2 Å². The van der Waals surface area contributed by atoms with Crippen LogP contribution in [0.5, 0.6) is 0 Å². The molecule has 1 atom stereocenters. The summed E-state index contributed by atoms with van der Waals surface area (Å²) in [7, 11) is 3.43. The molecule has 0 aliphatic rings. The smallest absolute Gasteiger partial charge is 0.263 e.